The number of unbranched alkanes of at least 4 members (excludes halogenated alkanes) is 19. The molecule has 39 heavy (non-hydrogen) atoms. The number of aliphatic hydroxyl groups excluding tert-OH is 3. The fourth-order valence-electron chi connectivity index (χ4n) is 4.99. The molecule has 0 saturated carbocycles. The van der Waals surface area contributed by atoms with Crippen molar-refractivity contribution in [2.24, 2.45) is 0 Å². The molecule has 0 aromatic carbocycles. The number of aliphatic hydroxyl groups is 3. The van der Waals surface area contributed by atoms with Gasteiger partial charge >= 0.3 is 0 Å². The summed E-state index contributed by atoms with van der Waals surface area (Å²) in [6.07, 6.45) is 10.8. The van der Waals surface area contributed by atoms with E-state index in [0.29, 0.717) is 25.7 Å². The van der Waals surface area contributed by atoms with Crippen LogP contribution in [0.5, 0.6) is 0 Å². The van der Waals surface area contributed by atoms with Gasteiger partial charge in [0, 0.05) is 18.8 Å². The van der Waals surface area contributed by atoms with Crippen molar-refractivity contribution < 1.29 is 32.5 Å². The van der Waals surface area contributed by atoms with Crippen molar-refractivity contribution in [2.45, 2.75) is 205 Å². The monoisotopic (exact) mass is 565 g/mol. The van der Waals surface area contributed by atoms with E-state index in [1.54, 1.807) is 0 Å². The number of hydrogen-bond acceptors (Lipinski definition) is 4. The van der Waals surface area contributed by atoms with Crippen molar-refractivity contribution in [3.63, 3.8) is 0 Å². The predicted molar refractivity (Wildman–Crippen MR) is 167 cm³/mol. The minimum absolute atomic E-state index is 0.260. The maximum atomic E-state index is 12.4. The van der Waals surface area contributed by atoms with E-state index in [1.165, 1.54) is 57.8 Å². The third-order valence-electron chi connectivity index (χ3n) is 7.56. The Kier molecular flexibility index (Phi) is 19.4. The fourth-order valence-corrected chi connectivity index (χ4v) is 4.99. The second kappa shape index (κ2) is 30.3. The molecule has 0 unspecified atom stereocenters. The van der Waals surface area contributed by atoms with Crippen LogP contribution in [0.2, 0.25) is 0 Å². The summed E-state index contributed by atoms with van der Waals surface area (Å²) in [6.45, 7) is -1.49. The SMILES string of the molecule is [2H]C([2H])([2H])C([2H])([2H])C([2H])([2H])C([2H])([2H])CCCCCCCCCCCC(=O)N[C@@H](CO)[C@H](O)[C@H](O)CCCCCCCCCCCCCC. The van der Waals surface area contributed by atoms with Gasteiger partial charge in [0.25, 0.3) is 0 Å². The standard InChI is InChI=1S/C34H69NO4/c1-3-5-7-9-11-13-15-17-19-21-23-25-27-29-33(38)35-31(30-36)34(39)32(37)28-26-24-22-20-18-16-14-12-10-8-6-4-2/h31-32,34,36-37,39H,3-30H2,1-2H3,(H,35,38)/t31-,32+,34-/m0/s1/i1D3,3D2,5D2,7D2. The van der Waals surface area contributed by atoms with Crippen LogP contribution >= 0.6 is 0 Å². The van der Waals surface area contributed by atoms with Crippen LogP contribution in [0, 0.1) is 0 Å². The molecular formula is C34H69NO4. The quantitative estimate of drug-likeness (QED) is 0.0634. The summed E-state index contributed by atoms with van der Waals surface area (Å²) in [6, 6.07) is -0.901. The molecule has 234 valence electrons. The average molecular weight is 565 g/mol. The van der Waals surface area contributed by atoms with Gasteiger partial charge in [0.1, 0.15) is 6.10 Å². The molecular weight excluding hydrogens is 486 g/mol. The summed E-state index contributed by atoms with van der Waals surface area (Å²) in [7, 11) is 0. The van der Waals surface area contributed by atoms with Gasteiger partial charge in [-0.2, -0.15) is 0 Å². The van der Waals surface area contributed by atoms with Crippen LogP contribution in [0.15, 0.2) is 0 Å². The second-order valence-corrected chi connectivity index (χ2v) is 11.2. The number of carbonyl (C=O) groups excluding carboxylic acids is 1. The van der Waals surface area contributed by atoms with Crippen molar-refractivity contribution >= 4 is 5.91 Å². The van der Waals surface area contributed by atoms with Crippen LogP contribution in [-0.2, 0) is 4.79 Å². The first-order valence-electron chi connectivity index (χ1n) is 20.7. The molecule has 0 bridgehead atoms. The lowest BCUT2D eigenvalue weighted by molar-refractivity contribution is -0.124. The smallest absolute Gasteiger partial charge is 0.220 e. The lowest BCUT2D eigenvalue weighted by Gasteiger charge is -2.26. The molecule has 0 radical (unpaired) electrons. The van der Waals surface area contributed by atoms with E-state index in [-0.39, 0.29) is 18.7 Å². The fraction of sp³-hybridized carbons (Fsp3) is 0.971. The highest BCUT2D eigenvalue weighted by molar-refractivity contribution is 5.76. The first-order chi connectivity index (χ1) is 22.5. The van der Waals surface area contributed by atoms with Gasteiger partial charge in [-0.1, -0.05) is 168 Å². The summed E-state index contributed by atoms with van der Waals surface area (Å²) < 4.78 is 68.9. The minimum atomic E-state index is -3.31. The Balaban J connectivity index is 3.98. The maximum absolute atomic E-state index is 12.4. The summed E-state index contributed by atoms with van der Waals surface area (Å²) >= 11 is 0. The van der Waals surface area contributed by atoms with Gasteiger partial charge in [0.05, 0.1) is 18.8 Å². The molecule has 0 rings (SSSR count). The summed E-state index contributed by atoms with van der Waals surface area (Å²) in [5.74, 6) is -0.262. The Bertz CT molecular complexity index is 816. The molecule has 0 aliphatic rings. The van der Waals surface area contributed by atoms with Gasteiger partial charge in [0.2, 0.25) is 5.91 Å². The largest absolute Gasteiger partial charge is 0.394 e. The van der Waals surface area contributed by atoms with Gasteiger partial charge in [0.15, 0.2) is 0 Å². The van der Waals surface area contributed by atoms with E-state index in [0.717, 1.165) is 57.8 Å². The van der Waals surface area contributed by atoms with E-state index >= 15 is 0 Å². The number of carbonyl (C=O) groups is 1. The zero-order valence-electron chi connectivity index (χ0n) is 34.2. The van der Waals surface area contributed by atoms with Crippen molar-refractivity contribution in [2.75, 3.05) is 6.61 Å². The van der Waals surface area contributed by atoms with Crippen molar-refractivity contribution in [1.82, 2.24) is 5.32 Å². The molecule has 0 aromatic heterocycles. The molecule has 0 aromatic rings. The maximum Gasteiger partial charge on any atom is 0.220 e. The second-order valence-electron chi connectivity index (χ2n) is 11.2. The topological polar surface area (TPSA) is 89.8 Å². The Hall–Kier alpha value is -0.650. The molecule has 0 spiro atoms. The van der Waals surface area contributed by atoms with Gasteiger partial charge in [-0.3, -0.25) is 4.79 Å². The highest BCUT2D eigenvalue weighted by Crippen LogP contribution is 2.16. The molecule has 0 aliphatic carbocycles. The number of amides is 1. The highest BCUT2D eigenvalue weighted by atomic mass is 16.3. The normalized spacial score (nSPS) is 18.7. The lowest BCUT2D eigenvalue weighted by Crippen LogP contribution is -2.50. The van der Waals surface area contributed by atoms with Crippen LogP contribution in [0.4, 0.5) is 0 Å². The summed E-state index contributed by atoms with van der Waals surface area (Å²) in [5, 5.41) is 33.3. The van der Waals surface area contributed by atoms with Crippen LogP contribution in [0.3, 0.4) is 0 Å². The zero-order chi connectivity index (χ0) is 36.7. The van der Waals surface area contributed by atoms with Crippen molar-refractivity contribution in [1.29, 1.82) is 0 Å². The van der Waals surface area contributed by atoms with E-state index in [4.69, 9.17) is 12.3 Å². The molecule has 0 heterocycles. The molecule has 0 saturated heterocycles. The number of nitrogens with one attached hydrogen (secondary N) is 1. The molecule has 3 atom stereocenters. The molecule has 1 amide bonds. The highest BCUT2D eigenvalue weighted by Gasteiger charge is 2.26. The summed E-state index contributed by atoms with van der Waals surface area (Å²) in [5.41, 5.74) is 0. The van der Waals surface area contributed by atoms with Crippen LogP contribution < -0.4 is 5.32 Å². The lowest BCUT2D eigenvalue weighted by atomic mass is 9.99. The third-order valence-corrected chi connectivity index (χ3v) is 7.56. The number of hydrogen-bond donors (Lipinski definition) is 4. The van der Waals surface area contributed by atoms with Gasteiger partial charge in [-0.05, 0) is 12.8 Å². The zero-order valence-corrected chi connectivity index (χ0v) is 25.2. The molecule has 0 aliphatic heterocycles. The van der Waals surface area contributed by atoms with Gasteiger partial charge < -0.3 is 20.6 Å². The van der Waals surface area contributed by atoms with Crippen molar-refractivity contribution in [3.05, 3.63) is 0 Å². The average Bonchev–Trinajstić information content (AvgIpc) is 3.01. The summed E-state index contributed by atoms with van der Waals surface area (Å²) in [4.78, 5) is 12.4. The molecule has 4 N–H and O–H groups in total. The van der Waals surface area contributed by atoms with Crippen LogP contribution in [0.1, 0.15) is 199 Å². The molecule has 5 heteroatoms. The number of rotatable bonds is 31. The minimum Gasteiger partial charge on any atom is -0.394 e. The third kappa shape index (κ3) is 26.0. The first-order valence-corrected chi connectivity index (χ1v) is 16.2. The van der Waals surface area contributed by atoms with E-state index < -0.39 is 50.8 Å². The van der Waals surface area contributed by atoms with Gasteiger partial charge in [-0.15, -0.1) is 0 Å². The van der Waals surface area contributed by atoms with E-state index in [9.17, 15) is 20.1 Å². The van der Waals surface area contributed by atoms with Crippen LogP contribution in [-0.4, -0.2) is 46.1 Å². The van der Waals surface area contributed by atoms with E-state index in [1.807, 2.05) is 0 Å². The molecule has 0 fully saturated rings. The van der Waals surface area contributed by atoms with Gasteiger partial charge in [-0.25, -0.2) is 0 Å². The predicted octanol–water partition coefficient (Wildman–Crippen LogP) is 8.76. The Morgan fingerprint density at radius 3 is 1.64 bits per heavy atom. The van der Waals surface area contributed by atoms with E-state index in [2.05, 4.69) is 12.2 Å². The van der Waals surface area contributed by atoms with Crippen LogP contribution in [0.25, 0.3) is 0 Å². The van der Waals surface area contributed by atoms with Crippen molar-refractivity contribution in [3.8, 4) is 0 Å². The Labute approximate surface area is 256 Å². The Morgan fingerprint density at radius 2 is 1.15 bits per heavy atom. The first kappa shape index (κ1) is 24.9. The molecule has 5 nitrogen and oxygen atoms in total. The Morgan fingerprint density at radius 1 is 0.692 bits per heavy atom.